The van der Waals surface area contributed by atoms with Crippen molar-refractivity contribution in [1.29, 1.82) is 0 Å². The Morgan fingerprint density at radius 2 is 2.15 bits per heavy atom. The van der Waals surface area contributed by atoms with Crippen LogP contribution in [0.15, 0.2) is 24.7 Å². The Kier molecular flexibility index (Phi) is 4.87. The first kappa shape index (κ1) is 17.5. The highest BCUT2D eigenvalue weighted by atomic mass is 19.3. The molecule has 3 N–H and O–H groups in total. The van der Waals surface area contributed by atoms with Gasteiger partial charge in [-0.25, -0.2) is 18.3 Å². The number of hydrogen-bond acceptors (Lipinski definition) is 6. The van der Waals surface area contributed by atoms with Crippen molar-refractivity contribution in [3.8, 4) is 0 Å². The summed E-state index contributed by atoms with van der Waals surface area (Å²) in [5, 5.41) is 10.3. The minimum absolute atomic E-state index is 0.0891. The van der Waals surface area contributed by atoms with Crippen molar-refractivity contribution in [2.75, 3.05) is 11.1 Å². The fraction of sp³-hybridized carbons (Fsp3) is 0.267. The van der Waals surface area contributed by atoms with Crippen LogP contribution in [0.1, 0.15) is 35.3 Å². The predicted molar refractivity (Wildman–Crippen MR) is 87.8 cm³/mol. The van der Waals surface area contributed by atoms with E-state index in [1.165, 1.54) is 23.0 Å². The van der Waals surface area contributed by atoms with Crippen LogP contribution in [-0.4, -0.2) is 36.6 Å². The number of anilines is 2. The van der Waals surface area contributed by atoms with E-state index in [1.807, 2.05) is 0 Å². The standard InChI is InChI=1S/C15H15F2N7O2/c16-13(17)12-10(8-20-23(12)4-1-2-6-25)21-15(26)9-7-19-24-5-3-11(18)22-14(9)24/h3,5-8,13H,1-2,4H2,(H2,18,22)(H,21,26). The summed E-state index contributed by atoms with van der Waals surface area (Å²) in [4.78, 5) is 26.9. The Bertz CT molecular complexity index is 951. The summed E-state index contributed by atoms with van der Waals surface area (Å²) in [6.07, 6.45) is 2.42. The van der Waals surface area contributed by atoms with E-state index in [9.17, 15) is 18.4 Å². The third-order valence-electron chi connectivity index (χ3n) is 3.66. The molecule has 0 atom stereocenters. The minimum atomic E-state index is -2.85. The highest BCUT2D eigenvalue weighted by Gasteiger charge is 2.23. The molecule has 26 heavy (non-hydrogen) atoms. The zero-order valence-electron chi connectivity index (χ0n) is 13.5. The summed E-state index contributed by atoms with van der Waals surface area (Å²) in [5.74, 6) is -0.462. The number of rotatable bonds is 7. The number of carbonyl (C=O) groups excluding carboxylic acids is 2. The number of unbranched alkanes of at least 4 members (excludes halogenated alkanes) is 1. The molecule has 3 aromatic rings. The topological polar surface area (TPSA) is 120 Å². The first-order valence-electron chi connectivity index (χ1n) is 7.70. The average Bonchev–Trinajstić information content (AvgIpc) is 3.18. The van der Waals surface area contributed by atoms with Crippen LogP contribution in [-0.2, 0) is 11.3 Å². The third kappa shape index (κ3) is 3.36. The number of carbonyl (C=O) groups is 2. The van der Waals surface area contributed by atoms with Gasteiger partial charge in [0.15, 0.2) is 5.65 Å². The molecule has 11 heteroatoms. The lowest BCUT2D eigenvalue weighted by Crippen LogP contribution is -2.14. The Morgan fingerprint density at radius 3 is 2.88 bits per heavy atom. The van der Waals surface area contributed by atoms with Gasteiger partial charge in [-0.15, -0.1) is 0 Å². The van der Waals surface area contributed by atoms with Crippen molar-refractivity contribution >= 4 is 29.3 Å². The molecule has 0 aliphatic rings. The molecule has 0 spiro atoms. The molecule has 3 aromatic heterocycles. The normalized spacial score (nSPS) is 11.2. The van der Waals surface area contributed by atoms with Gasteiger partial charge >= 0.3 is 0 Å². The van der Waals surface area contributed by atoms with E-state index in [-0.39, 0.29) is 35.7 Å². The molecule has 3 heterocycles. The first-order chi connectivity index (χ1) is 12.5. The lowest BCUT2D eigenvalue weighted by atomic mass is 10.3. The van der Waals surface area contributed by atoms with Crippen LogP contribution < -0.4 is 11.1 Å². The van der Waals surface area contributed by atoms with Gasteiger partial charge in [-0.1, -0.05) is 0 Å². The maximum atomic E-state index is 13.4. The summed E-state index contributed by atoms with van der Waals surface area (Å²) in [6.45, 7) is 0.142. The summed E-state index contributed by atoms with van der Waals surface area (Å²) in [7, 11) is 0. The molecular weight excluding hydrogens is 348 g/mol. The second-order valence-electron chi connectivity index (χ2n) is 5.41. The number of amides is 1. The molecule has 9 nitrogen and oxygen atoms in total. The monoisotopic (exact) mass is 363 g/mol. The van der Waals surface area contributed by atoms with Gasteiger partial charge in [-0.2, -0.15) is 10.2 Å². The molecule has 0 aliphatic heterocycles. The molecule has 3 rings (SSSR count). The van der Waals surface area contributed by atoms with Crippen LogP contribution in [0, 0.1) is 0 Å². The fourth-order valence-corrected chi connectivity index (χ4v) is 2.46. The Hall–Kier alpha value is -3.37. The predicted octanol–water partition coefficient (Wildman–Crippen LogP) is 1.68. The third-order valence-corrected chi connectivity index (χ3v) is 3.66. The average molecular weight is 363 g/mol. The highest BCUT2D eigenvalue weighted by Crippen LogP contribution is 2.28. The molecule has 1 amide bonds. The lowest BCUT2D eigenvalue weighted by molar-refractivity contribution is -0.107. The Labute approximate surface area is 145 Å². The SMILES string of the molecule is Nc1ccn2ncc(C(=O)Nc3cnn(CCCC=O)c3C(F)F)c2n1. The van der Waals surface area contributed by atoms with Crippen molar-refractivity contribution in [3.05, 3.63) is 35.9 Å². The van der Waals surface area contributed by atoms with Gasteiger partial charge in [0.1, 0.15) is 23.4 Å². The smallest absolute Gasteiger partial charge is 0.282 e. The van der Waals surface area contributed by atoms with Crippen LogP contribution in [0.3, 0.4) is 0 Å². The van der Waals surface area contributed by atoms with Gasteiger partial charge in [0.2, 0.25) is 0 Å². The number of aromatic nitrogens is 5. The van der Waals surface area contributed by atoms with Crippen molar-refractivity contribution in [2.24, 2.45) is 0 Å². The van der Waals surface area contributed by atoms with E-state index < -0.39 is 18.0 Å². The number of alkyl halides is 2. The molecular formula is C15H15F2N7O2. The number of nitrogens with zero attached hydrogens (tertiary/aromatic N) is 5. The maximum Gasteiger partial charge on any atom is 0.282 e. The molecule has 0 fully saturated rings. The number of nitrogens with one attached hydrogen (secondary N) is 1. The van der Waals surface area contributed by atoms with E-state index in [1.54, 1.807) is 0 Å². The number of halogens is 2. The highest BCUT2D eigenvalue weighted by molar-refractivity contribution is 6.08. The number of aryl methyl sites for hydroxylation is 1. The van der Waals surface area contributed by atoms with E-state index in [0.717, 1.165) is 10.9 Å². The molecule has 0 saturated heterocycles. The van der Waals surface area contributed by atoms with Crippen LogP contribution in [0.5, 0.6) is 0 Å². The van der Waals surface area contributed by atoms with E-state index in [0.29, 0.717) is 12.7 Å². The van der Waals surface area contributed by atoms with Crippen LogP contribution in [0.4, 0.5) is 20.3 Å². The van der Waals surface area contributed by atoms with Gasteiger partial charge in [0.25, 0.3) is 12.3 Å². The maximum absolute atomic E-state index is 13.4. The molecule has 0 unspecified atom stereocenters. The summed E-state index contributed by atoms with van der Waals surface area (Å²) >= 11 is 0. The molecule has 0 bridgehead atoms. The van der Waals surface area contributed by atoms with E-state index in [2.05, 4.69) is 20.5 Å². The van der Waals surface area contributed by atoms with Crippen LogP contribution in [0.2, 0.25) is 0 Å². The van der Waals surface area contributed by atoms with Crippen molar-refractivity contribution in [1.82, 2.24) is 24.4 Å². The summed E-state index contributed by atoms with van der Waals surface area (Å²) in [5.41, 5.74) is 5.37. The fourth-order valence-electron chi connectivity index (χ4n) is 2.46. The number of aldehydes is 1. The quantitative estimate of drug-likeness (QED) is 0.487. The Balaban J connectivity index is 1.86. The second-order valence-corrected chi connectivity index (χ2v) is 5.41. The molecule has 0 aromatic carbocycles. The molecule has 0 aliphatic carbocycles. The number of hydrogen-bond donors (Lipinski definition) is 2. The zero-order valence-corrected chi connectivity index (χ0v) is 13.5. The summed E-state index contributed by atoms with van der Waals surface area (Å²) < 4.78 is 29.2. The van der Waals surface area contributed by atoms with Gasteiger partial charge in [0, 0.05) is 19.2 Å². The minimum Gasteiger partial charge on any atom is -0.384 e. The van der Waals surface area contributed by atoms with E-state index in [4.69, 9.17) is 5.73 Å². The second kappa shape index (κ2) is 7.25. The number of nitrogen functional groups attached to an aromatic ring is 1. The lowest BCUT2D eigenvalue weighted by Gasteiger charge is -2.09. The van der Waals surface area contributed by atoms with Gasteiger partial charge in [-0.05, 0) is 12.5 Å². The molecule has 0 radical (unpaired) electrons. The van der Waals surface area contributed by atoms with Crippen LogP contribution >= 0.6 is 0 Å². The first-order valence-corrected chi connectivity index (χ1v) is 7.70. The molecule has 136 valence electrons. The van der Waals surface area contributed by atoms with Gasteiger partial charge in [-0.3, -0.25) is 9.48 Å². The van der Waals surface area contributed by atoms with Crippen LogP contribution in [0.25, 0.3) is 5.65 Å². The summed E-state index contributed by atoms with van der Waals surface area (Å²) in [6, 6.07) is 1.51. The van der Waals surface area contributed by atoms with Crippen molar-refractivity contribution < 1.29 is 18.4 Å². The van der Waals surface area contributed by atoms with E-state index >= 15 is 0 Å². The van der Waals surface area contributed by atoms with Crippen molar-refractivity contribution in [3.63, 3.8) is 0 Å². The van der Waals surface area contributed by atoms with Crippen molar-refractivity contribution in [2.45, 2.75) is 25.8 Å². The molecule has 0 saturated carbocycles. The zero-order chi connectivity index (χ0) is 18.7. The largest absolute Gasteiger partial charge is 0.384 e. The Morgan fingerprint density at radius 1 is 1.35 bits per heavy atom. The van der Waals surface area contributed by atoms with Gasteiger partial charge < -0.3 is 15.8 Å². The number of nitrogens with two attached hydrogens (primary N) is 1. The number of fused-ring (bicyclic) bond motifs is 1. The van der Waals surface area contributed by atoms with Gasteiger partial charge in [0.05, 0.1) is 18.1 Å².